The Hall–Kier alpha value is -3.49. The van der Waals surface area contributed by atoms with Crippen LogP contribution in [0.1, 0.15) is 51.9 Å². The van der Waals surface area contributed by atoms with Crippen LogP contribution < -0.4 is 5.32 Å². The zero-order valence-corrected chi connectivity index (χ0v) is 24.2. The van der Waals surface area contributed by atoms with E-state index in [1.165, 1.54) is 51.7 Å². The monoisotopic (exact) mass is 592 g/mol. The molecule has 2 aromatic rings. The second-order valence-electron chi connectivity index (χ2n) is 9.19. The molecule has 0 bridgehead atoms. The van der Waals surface area contributed by atoms with Crippen LogP contribution in [0, 0.1) is 0 Å². The first-order valence-corrected chi connectivity index (χ1v) is 15.2. The number of benzene rings is 1. The zero-order chi connectivity index (χ0) is 29.0. The summed E-state index contributed by atoms with van der Waals surface area (Å²) in [4.78, 5) is 53.6. The Morgan fingerprint density at radius 1 is 0.925 bits per heavy atom. The van der Waals surface area contributed by atoms with Crippen molar-refractivity contribution < 1.29 is 37.1 Å². The minimum absolute atomic E-state index is 0.0248. The average Bonchev–Trinajstić information content (AvgIpc) is 3.30. The molecule has 1 fully saturated rings. The van der Waals surface area contributed by atoms with Crippen molar-refractivity contribution in [3.05, 3.63) is 45.8 Å². The van der Waals surface area contributed by atoms with E-state index in [0.717, 1.165) is 10.4 Å². The van der Waals surface area contributed by atoms with Gasteiger partial charge in [0.1, 0.15) is 5.00 Å². The predicted molar refractivity (Wildman–Crippen MR) is 147 cm³/mol. The molecule has 1 N–H and O–H groups in total. The molecular formula is C26H32N4O8S2. The standard InChI is InChI=1S/C26H32N4O8S2/c1-4-37-25(33)22-20-10-11-29(17(3)31)16-21(20)39-24(22)27-23(32)18-6-8-19(9-7-18)40(35,36)30-14-12-28(13-15-30)26(34)38-5-2/h6-9H,4-5,10-16H2,1-3H3,(H,27,32). The number of sulfonamides is 1. The molecule has 216 valence electrons. The fourth-order valence-electron chi connectivity index (χ4n) is 4.61. The largest absolute Gasteiger partial charge is 0.462 e. The number of rotatable bonds is 7. The SMILES string of the molecule is CCOC(=O)c1c(NC(=O)c2ccc(S(=O)(=O)N3CCN(C(=O)OCC)CC3)cc2)sc2c1CCN(C(C)=O)C2. The second kappa shape index (κ2) is 12.4. The maximum Gasteiger partial charge on any atom is 0.409 e. The van der Waals surface area contributed by atoms with Gasteiger partial charge in [-0.1, -0.05) is 0 Å². The number of piperazine rings is 1. The van der Waals surface area contributed by atoms with E-state index in [-0.39, 0.29) is 55.8 Å². The van der Waals surface area contributed by atoms with E-state index in [2.05, 4.69) is 5.32 Å². The third-order valence-electron chi connectivity index (χ3n) is 6.73. The van der Waals surface area contributed by atoms with Crippen LogP contribution in [0.25, 0.3) is 0 Å². The van der Waals surface area contributed by atoms with Crippen LogP contribution in [-0.2, 0) is 37.3 Å². The van der Waals surface area contributed by atoms with Gasteiger partial charge in [-0.3, -0.25) is 9.59 Å². The molecule has 3 heterocycles. The highest BCUT2D eigenvalue weighted by Crippen LogP contribution is 2.38. The molecule has 0 spiro atoms. The van der Waals surface area contributed by atoms with Crippen LogP contribution in [0.3, 0.4) is 0 Å². The third-order valence-corrected chi connectivity index (χ3v) is 9.77. The number of carbonyl (C=O) groups is 4. The number of amides is 3. The molecule has 1 aromatic heterocycles. The van der Waals surface area contributed by atoms with Gasteiger partial charge in [0.05, 0.1) is 30.2 Å². The third kappa shape index (κ3) is 6.13. The van der Waals surface area contributed by atoms with E-state index in [4.69, 9.17) is 9.47 Å². The highest BCUT2D eigenvalue weighted by Gasteiger charge is 2.32. The maximum atomic E-state index is 13.1. The molecule has 0 saturated carbocycles. The van der Waals surface area contributed by atoms with E-state index in [9.17, 15) is 27.6 Å². The van der Waals surface area contributed by atoms with Gasteiger partial charge in [0.25, 0.3) is 5.91 Å². The average molecular weight is 593 g/mol. The lowest BCUT2D eigenvalue weighted by molar-refractivity contribution is -0.129. The van der Waals surface area contributed by atoms with Gasteiger partial charge in [-0.05, 0) is 50.1 Å². The van der Waals surface area contributed by atoms with Gasteiger partial charge < -0.3 is 24.6 Å². The summed E-state index contributed by atoms with van der Waals surface area (Å²) in [6.45, 7) is 6.81. The Balaban J connectivity index is 1.48. The van der Waals surface area contributed by atoms with Gasteiger partial charge >= 0.3 is 12.1 Å². The fraction of sp³-hybridized carbons (Fsp3) is 0.462. The summed E-state index contributed by atoms with van der Waals surface area (Å²) in [6, 6.07) is 5.54. The molecule has 4 rings (SSSR count). The van der Waals surface area contributed by atoms with Crippen molar-refractivity contribution in [2.75, 3.05) is 51.3 Å². The summed E-state index contributed by atoms with van der Waals surface area (Å²) < 4.78 is 37.8. The van der Waals surface area contributed by atoms with E-state index >= 15 is 0 Å². The van der Waals surface area contributed by atoms with Crippen molar-refractivity contribution >= 4 is 50.2 Å². The normalized spacial score (nSPS) is 15.8. The molecule has 14 heteroatoms. The first-order chi connectivity index (χ1) is 19.1. The fourth-order valence-corrected chi connectivity index (χ4v) is 7.28. The van der Waals surface area contributed by atoms with Gasteiger partial charge in [-0.15, -0.1) is 11.3 Å². The van der Waals surface area contributed by atoms with Crippen LogP contribution in [-0.4, -0.2) is 92.3 Å². The van der Waals surface area contributed by atoms with Gasteiger partial charge in [-0.25, -0.2) is 18.0 Å². The van der Waals surface area contributed by atoms with Crippen LogP contribution in [0.2, 0.25) is 0 Å². The van der Waals surface area contributed by atoms with E-state index in [0.29, 0.717) is 30.1 Å². The van der Waals surface area contributed by atoms with Crippen LogP contribution in [0.4, 0.5) is 9.80 Å². The van der Waals surface area contributed by atoms with Gasteiger partial charge in [0.15, 0.2) is 0 Å². The summed E-state index contributed by atoms with van der Waals surface area (Å²) in [7, 11) is -3.83. The lowest BCUT2D eigenvalue weighted by Crippen LogP contribution is -2.50. The zero-order valence-electron chi connectivity index (χ0n) is 22.6. The van der Waals surface area contributed by atoms with Crippen molar-refractivity contribution in [2.45, 2.75) is 38.6 Å². The van der Waals surface area contributed by atoms with E-state index < -0.39 is 28.0 Å². The molecule has 0 aliphatic carbocycles. The van der Waals surface area contributed by atoms with E-state index in [1.54, 1.807) is 18.7 Å². The number of hydrogen-bond acceptors (Lipinski definition) is 9. The number of hydrogen-bond donors (Lipinski definition) is 1. The number of carbonyl (C=O) groups excluding carboxylic acids is 4. The van der Waals surface area contributed by atoms with E-state index in [1.807, 2.05) is 0 Å². The molecule has 0 unspecified atom stereocenters. The first-order valence-electron chi connectivity index (χ1n) is 13.0. The van der Waals surface area contributed by atoms with Gasteiger partial charge in [0, 0.05) is 50.1 Å². The summed E-state index contributed by atoms with van der Waals surface area (Å²) in [5, 5.41) is 3.11. The predicted octanol–water partition coefficient (Wildman–Crippen LogP) is 2.54. The van der Waals surface area contributed by atoms with Crippen molar-refractivity contribution in [1.82, 2.24) is 14.1 Å². The minimum atomic E-state index is -3.83. The smallest absolute Gasteiger partial charge is 0.409 e. The minimum Gasteiger partial charge on any atom is -0.462 e. The molecule has 12 nitrogen and oxygen atoms in total. The van der Waals surface area contributed by atoms with Gasteiger partial charge in [-0.2, -0.15) is 4.31 Å². The highest BCUT2D eigenvalue weighted by molar-refractivity contribution is 7.89. The Bertz CT molecular complexity index is 1400. The molecule has 0 atom stereocenters. The topological polar surface area (TPSA) is 143 Å². The van der Waals surface area contributed by atoms with Gasteiger partial charge in [0.2, 0.25) is 15.9 Å². The summed E-state index contributed by atoms with van der Waals surface area (Å²) in [5.74, 6) is -1.13. The molecule has 2 aliphatic heterocycles. The second-order valence-corrected chi connectivity index (χ2v) is 12.2. The Morgan fingerprint density at radius 2 is 1.57 bits per heavy atom. The number of ether oxygens (including phenoxy) is 2. The molecule has 3 amide bonds. The van der Waals surface area contributed by atoms with Crippen molar-refractivity contribution in [1.29, 1.82) is 0 Å². The van der Waals surface area contributed by atoms with Crippen LogP contribution in [0.15, 0.2) is 29.2 Å². The number of nitrogens with one attached hydrogen (secondary N) is 1. The molecule has 0 radical (unpaired) electrons. The summed E-state index contributed by atoms with van der Waals surface area (Å²) in [6.07, 6.45) is -0.000415. The summed E-state index contributed by atoms with van der Waals surface area (Å²) >= 11 is 1.23. The lowest BCUT2D eigenvalue weighted by Gasteiger charge is -2.33. The Morgan fingerprint density at radius 3 is 2.17 bits per heavy atom. The van der Waals surface area contributed by atoms with Crippen LogP contribution >= 0.6 is 11.3 Å². The molecule has 2 aliphatic rings. The molecule has 40 heavy (non-hydrogen) atoms. The molecule has 1 saturated heterocycles. The molecular weight excluding hydrogens is 560 g/mol. The Kier molecular flexibility index (Phi) is 9.11. The number of anilines is 1. The highest BCUT2D eigenvalue weighted by atomic mass is 32.2. The van der Waals surface area contributed by atoms with Crippen LogP contribution in [0.5, 0.6) is 0 Å². The van der Waals surface area contributed by atoms with Crippen molar-refractivity contribution in [3.8, 4) is 0 Å². The number of fused-ring (bicyclic) bond motifs is 1. The first kappa shape index (κ1) is 29.5. The van der Waals surface area contributed by atoms with Crippen molar-refractivity contribution in [3.63, 3.8) is 0 Å². The summed E-state index contributed by atoms with van der Waals surface area (Å²) in [5.41, 5.74) is 1.26. The maximum absolute atomic E-state index is 13.1. The molecule has 1 aromatic carbocycles. The lowest BCUT2D eigenvalue weighted by atomic mass is 10.0. The number of thiophene rings is 1. The quantitative estimate of drug-likeness (QED) is 0.484. The number of esters is 1. The Labute approximate surface area is 236 Å². The van der Waals surface area contributed by atoms with Crippen molar-refractivity contribution in [2.24, 2.45) is 0 Å². The number of nitrogens with zero attached hydrogens (tertiary/aromatic N) is 3.